The van der Waals surface area contributed by atoms with Crippen LogP contribution in [0.25, 0.3) is 0 Å². The van der Waals surface area contributed by atoms with Crippen LogP contribution in [0, 0.1) is 35.5 Å². The van der Waals surface area contributed by atoms with Crippen LogP contribution in [0.2, 0.25) is 0 Å². The van der Waals surface area contributed by atoms with Crippen LogP contribution in [0.15, 0.2) is 0 Å². The highest BCUT2D eigenvalue weighted by Gasteiger charge is 2.40. The topological polar surface area (TPSA) is 0 Å². The third-order valence-corrected chi connectivity index (χ3v) is 7.34. The van der Waals surface area contributed by atoms with E-state index >= 15 is 0 Å². The molecule has 19 heavy (non-hydrogen) atoms. The molecule has 0 aliphatic heterocycles. The molecule has 0 aromatic rings. The second-order valence-corrected chi connectivity index (χ2v) is 8.52. The zero-order valence-corrected chi connectivity index (χ0v) is 12.7. The van der Waals surface area contributed by atoms with E-state index in [1.54, 1.807) is 83.5 Å². The van der Waals surface area contributed by atoms with Crippen LogP contribution >= 0.6 is 0 Å². The van der Waals surface area contributed by atoms with Gasteiger partial charge in [0.25, 0.3) is 0 Å². The summed E-state index contributed by atoms with van der Waals surface area (Å²) < 4.78 is 0. The van der Waals surface area contributed by atoms with E-state index in [4.69, 9.17) is 0 Å². The highest BCUT2D eigenvalue weighted by atomic mass is 14.5. The Bertz CT molecular complexity index is 249. The maximum absolute atomic E-state index is 1.62. The maximum atomic E-state index is 1.62. The number of hydrogen-bond donors (Lipinski definition) is 0. The summed E-state index contributed by atoms with van der Waals surface area (Å²) in [5.74, 6) is 6.89. The zero-order valence-electron chi connectivity index (χ0n) is 12.7. The fourth-order valence-corrected chi connectivity index (χ4v) is 6.57. The third-order valence-electron chi connectivity index (χ3n) is 7.34. The molecule has 108 valence electrons. The van der Waals surface area contributed by atoms with Crippen LogP contribution in [-0.2, 0) is 0 Å². The standard InChI is InChI=1S/C19H32/c1-2-6-17-11-14(10-16(17)5-1)9-15-12-18-7-3-4-8-19(18)13-15/h14-19H,1-13H2. The first-order valence-corrected chi connectivity index (χ1v) is 9.38. The molecule has 0 heterocycles. The predicted octanol–water partition coefficient (Wildman–Crippen LogP) is 5.81. The van der Waals surface area contributed by atoms with Gasteiger partial charge in [0.2, 0.25) is 0 Å². The molecule has 0 bridgehead atoms. The summed E-state index contributed by atoms with van der Waals surface area (Å²) in [7, 11) is 0. The number of fused-ring (bicyclic) bond motifs is 2. The van der Waals surface area contributed by atoms with Gasteiger partial charge in [0, 0.05) is 0 Å². The summed E-state index contributed by atoms with van der Waals surface area (Å²) in [4.78, 5) is 0. The lowest BCUT2D eigenvalue weighted by atomic mass is 9.82. The van der Waals surface area contributed by atoms with Crippen molar-refractivity contribution in [1.29, 1.82) is 0 Å². The van der Waals surface area contributed by atoms with Gasteiger partial charge in [0.05, 0.1) is 0 Å². The van der Waals surface area contributed by atoms with Crippen molar-refractivity contribution in [2.24, 2.45) is 35.5 Å². The van der Waals surface area contributed by atoms with Crippen molar-refractivity contribution in [3.8, 4) is 0 Å². The minimum absolute atomic E-state index is 1.14. The summed E-state index contributed by atoms with van der Waals surface area (Å²) in [6.45, 7) is 0. The van der Waals surface area contributed by atoms with Crippen molar-refractivity contribution in [1.82, 2.24) is 0 Å². The van der Waals surface area contributed by atoms with Crippen molar-refractivity contribution in [2.45, 2.75) is 83.5 Å². The van der Waals surface area contributed by atoms with E-state index in [-0.39, 0.29) is 0 Å². The van der Waals surface area contributed by atoms with Crippen molar-refractivity contribution in [2.75, 3.05) is 0 Å². The lowest BCUT2D eigenvalue weighted by molar-refractivity contribution is 0.277. The van der Waals surface area contributed by atoms with Gasteiger partial charge in [0.1, 0.15) is 0 Å². The Morgan fingerprint density at radius 1 is 0.474 bits per heavy atom. The Hall–Kier alpha value is 0. The van der Waals surface area contributed by atoms with Crippen molar-refractivity contribution >= 4 is 0 Å². The minimum atomic E-state index is 1.14. The van der Waals surface area contributed by atoms with Crippen LogP contribution in [0.1, 0.15) is 83.5 Å². The van der Waals surface area contributed by atoms with Crippen LogP contribution in [-0.4, -0.2) is 0 Å². The van der Waals surface area contributed by atoms with Crippen LogP contribution in [0.3, 0.4) is 0 Å². The van der Waals surface area contributed by atoms with Gasteiger partial charge < -0.3 is 0 Å². The van der Waals surface area contributed by atoms with Crippen LogP contribution in [0.4, 0.5) is 0 Å². The van der Waals surface area contributed by atoms with E-state index in [0.717, 1.165) is 35.5 Å². The highest BCUT2D eigenvalue weighted by molar-refractivity contribution is 4.91. The monoisotopic (exact) mass is 260 g/mol. The molecule has 4 unspecified atom stereocenters. The van der Waals surface area contributed by atoms with Gasteiger partial charge in [-0.15, -0.1) is 0 Å². The molecule has 0 N–H and O–H groups in total. The molecule has 4 aliphatic rings. The van der Waals surface area contributed by atoms with Gasteiger partial charge in [0.15, 0.2) is 0 Å². The molecule has 0 radical (unpaired) electrons. The molecule has 4 rings (SSSR count). The minimum Gasteiger partial charge on any atom is -0.0530 e. The lowest BCUT2D eigenvalue weighted by Crippen LogP contribution is -2.12. The molecule has 4 aliphatic carbocycles. The lowest BCUT2D eigenvalue weighted by Gasteiger charge is -2.24. The molecule has 0 aromatic heterocycles. The molecular weight excluding hydrogens is 228 g/mol. The molecule has 0 nitrogen and oxygen atoms in total. The quantitative estimate of drug-likeness (QED) is 0.588. The van der Waals surface area contributed by atoms with Gasteiger partial charge in [-0.3, -0.25) is 0 Å². The summed E-state index contributed by atoms with van der Waals surface area (Å²) in [5.41, 5.74) is 0. The third kappa shape index (κ3) is 2.61. The summed E-state index contributed by atoms with van der Waals surface area (Å²) in [5, 5.41) is 0. The molecule has 0 aromatic carbocycles. The van der Waals surface area contributed by atoms with E-state index in [0.29, 0.717) is 0 Å². The SMILES string of the molecule is C1CCC2CC(CC3CC4CCCCC4C3)CC2C1. The number of hydrogen-bond acceptors (Lipinski definition) is 0. The van der Waals surface area contributed by atoms with Crippen molar-refractivity contribution in [3.05, 3.63) is 0 Å². The van der Waals surface area contributed by atoms with E-state index in [1.807, 2.05) is 0 Å². The van der Waals surface area contributed by atoms with E-state index < -0.39 is 0 Å². The Labute approximate surface area is 119 Å². The highest BCUT2D eigenvalue weighted by Crippen LogP contribution is 2.51. The Balaban J connectivity index is 1.30. The Kier molecular flexibility index (Phi) is 3.62. The summed E-state index contributed by atoms with van der Waals surface area (Å²) >= 11 is 0. The molecule has 0 heteroatoms. The smallest absolute Gasteiger partial charge is 0.0383 e. The fourth-order valence-electron chi connectivity index (χ4n) is 6.57. The Morgan fingerprint density at radius 3 is 1.11 bits per heavy atom. The van der Waals surface area contributed by atoms with Gasteiger partial charge >= 0.3 is 0 Å². The van der Waals surface area contributed by atoms with Crippen LogP contribution < -0.4 is 0 Å². The first-order valence-electron chi connectivity index (χ1n) is 9.38. The molecule has 0 saturated heterocycles. The van der Waals surface area contributed by atoms with Gasteiger partial charge in [-0.05, 0) is 67.6 Å². The summed E-state index contributed by atoms with van der Waals surface area (Å²) in [6.07, 6.45) is 20.6. The fraction of sp³-hybridized carbons (Fsp3) is 1.00. The van der Waals surface area contributed by atoms with E-state index in [2.05, 4.69) is 0 Å². The van der Waals surface area contributed by atoms with E-state index in [9.17, 15) is 0 Å². The molecule has 0 spiro atoms. The van der Waals surface area contributed by atoms with Gasteiger partial charge in [-0.2, -0.15) is 0 Å². The average Bonchev–Trinajstić information content (AvgIpc) is 3.00. The van der Waals surface area contributed by atoms with Gasteiger partial charge in [-0.1, -0.05) is 51.4 Å². The molecular formula is C19H32. The van der Waals surface area contributed by atoms with E-state index in [1.165, 1.54) is 0 Å². The molecule has 4 atom stereocenters. The first kappa shape index (κ1) is 12.7. The normalized spacial score (nSPS) is 49.9. The Morgan fingerprint density at radius 2 is 0.789 bits per heavy atom. The second kappa shape index (κ2) is 5.41. The first-order chi connectivity index (χ1) is 9.38. The van der Waals surface area contributed by atoms with Crippen molar-refractivity contribution in [3.63, 3.8) is 0 Å². The van der Waals surface area contributed by atoms with Crippen LogP contribution in [0.5, 0.6) is 0 Å². The molecule has 4 saturated carbocycles. The average molecular weight is 260 g/mol. The zero-order chi connectivity index (χ0) is 12.7. The second-order valence-electron chi connectivity index (χ2n) is 8.52. The van der Waals surface area contributed by atoms with Crippen molar-refractivity contribution < 1.29 is 0 Å². The summed E-state index contributed by atoms with van der Waals surface area (Å²) in [6, 6.07) is 0. The van der Waals surface area contributed by atoms with Gasteiger partial charge in [-0.25, -0.2) is 0 Å². The molecule has 0 amide bonds. The largest absolute Gasteiger partial charge is 0.0530 e. The maximum Gasteiger partial charge on any atom is -0.0383 e. The predicted molar refractivity (Wildman–Crippen MR) is 81.0 cm³/mol. The number of rotatable bonds is 2. The molecule has 4 fully saturated rings.